The van der Waals surface area contributed by atoms with Crippen LogP contribution >= 0.6 is 0 Å². The second-order valence-corrected chi connectivity index (χ2v) is 3.01. The maximum absolute atomic E-state index is 10.4. The van der Waals surface area contributed by atoms with Crippen LogP contribution in [0.25, 0.3) is 0 Å². The summed E-state index contributed by atoms with van der Waals surface area (Å²) in [6.07, 6.45) is 0.402. The lowest BCUT2D eigenvalue weighted by Gasteiger charge is -1.91. The zero-order chi connectivity index (χ0) is 13.1. The van der Waals surface area contributed by atoms with E-state index in [2.05, 4.69) is 35.5 Å². The van der Waals surface area contributed by atoms with Crippen molar-refractivity contribution in [3.8, 4) is 35.5 Å². The van der Waals surface area contributed by atoms with Gasteiger partial charge in [0.1, 0.15) is 12.3 Å². The molecule has 0 aliphatic rings. The molecule has 0 aromatic rings. The Bertz CT molecular complexity index is 457. The van der Waals surface area contributed by atoms with Crippen LogP contribution in [0.4, 0.5) is 0 Å². The largest absolute Gasteiger partial charge is 0.481 e. The van der Waals surface area contributed by atoms with Gasteiger partial charge in [-0.15, -0.1) is 0 Å². The highest BCUT2D eigenvalue weighted by Gasteiger charge is 2.04. The first-order chi connectivity index (χ1) is 8.04. The number of carbonyl (C=O) groups is 2. The Morgan fingerprint density at radius 3 is 2.06 bits per heavy atom. The van der Waals surface area contributed by atoms with Gasteiger partial charge in [-0.25, -0.2) is 0 Å². The summed E-state index contributed by atoms with van der Waals surface area (Å²) in [5.74, 6) is 13.0. The Morgan fingerprint density at radius 1 is 1.00 bits per heavy atom. The molecule has 2 N–H and O–H groups in total. The number of carboxylic acids is 2. The molecule has 0 amide bonds. The van der Waals surface area contributed by atoms with Crippen LogP contribution in [0.15, 0.2) is 0 Å². The third-order valence-electron chi connectivity index (χ3n) is 1.53. The van der Waals surface area contributed by atoms with E-state index in [1.165, 1.54) is 6.92 Å². The fraction of sp³-hybridized carbons (Fsp3) is 0.385. The van der Waals surface area contributed by atoms with Gasteiger partial charge in [-0.3, -0.25) is 9.59 Å². The van der Waals surface area contributed by atoms with E-state index in [9.17, 15) is 9.59 Å². The molecule has 17 heavy (non-hydrogen) atoms. The van der Waals surface area contributed by atoms with Crippen LogP contribution in [0.2, 0.25) is 0 Å². The maximum atomic E-state index is 10.4. The number of aliphatic carboxylic acids is 2. The number of hydrogen-bond acceptors (Lipinski definition) is 2. The van der Waals surface area contributed by atoms with E-state index in [-0.39, 0.29) is 12.8 Å². The molecule has 0 spiro atoms. The van der Waals surface area contributed by atoms with Gasteiger partial charge < -0.3 is 10.2 Å². The van der Waals surface area contributed by atoms with Gasteiger partial charge in [0, 0.05) is 0 Å². The summed E-state index contributed by atoms with van der Waals surface area (Å²) in [5.41, 5.74) is 0. The van der Waals surface area contributed by atoms with Crippen LogP contribution in [0.3, 0.4) is 0 Å². The third-order valence-corrected chi connectivity index (χ3v) is 1.53. The fourth-order valence-electron chi connectivity index (χ4n) is 0.680. The van der Waals surface area contributed by atoms with E-state index in [1.807, 2.05) is 0 Å². The smallest absolute Gasteiger partial charge is 0.318 e. The van der Waals surface area contributed by atoms with Crippen molar-refractivity contribution in [1.82, 2.24) is 0 Å². The zero-order valence-corrected chi connectivity index (χ0v) is 9.41. The first-order valence-corrected chi connectivity index (χ1v) is 4.88. The third kappa shape index (κ3) is 9.91. The van der Waals surface area contributed by atoms with Crippen LogP contribution in [0, 0.1) is 41.4 Å². The Balaban J connectivity index is 3.86. The van der Waals surface area contributed by atoms with Crippen molar-refractivity contribution < 1.29 is 19.8 Å². The van der Waals surface area contributed by atoms with Crippen LogP contribution in [-0.4, -0.2) is 22.2 Å². The fourth-order valence-corrected chi connectivity index (χ4v) is 0.680. The molecular formula is C13H12O4. The van der Waals surface area contributed by atoms with E-state index in [0.717, 1.165) is 0 Å². The van der Waals surface area contributed by atoms with E-state index in [1.54, 1.807) is 0 Å². The van der Waals surface area contributed by atoms with Gasteiger partial charge >= 0.3 is 11.9 Å². The van der Waals surface area contributed by atoms with Crippen molar-refractivity contribution in [3.05, 3.63) is 0 Å². The minimum Gasteiger partial charge on any atom is -0.481 e. The molecule has 4 heteroatoms. The number of hydrogen-bond donors (Lipinski definition) is 2. The van der Waals surface area contributed by atoms with E-state index in [4.69, 9.17) is 10.2 Å². The minimum atomic E-state index is -0.959. The first kappa shape index (κ1) is 14.6. The summed E-state index contributed by atoms with van der Waals surface area (Å²) >= 11 is 0. The number of rotatable bonds is 2. The molecule has 0 saturated carbocycles. The SMILES string of the molecule is CC(C#CCC#CCC#CCC(=O)O)C(=O)O. The van der Waals surface area contributed by atoms with E-state index in [0.29, 0.717) is 6.42 Å². The molecule has 0 bridgehead atoms. The summed E-state index contributed by atoms with van der Waals surface area (Å²) in [5, 5.41) is 16.8. The summed E-state index contributed by atoms with van der Waals surface area (Å²) in [6.45, 7) is 1.50. The first-order valence-electron chi connectivity index (χ1n) is 4.88. The Morgan fingerprint density at radius 2 is 1.53 bits per heavy atom. The molecule has 1 unspecified atom stereocenters. The van der Waals surface area contributed by atoms with E-state index >= 15 is 0 Å². The lowest BCUT2D eigenvalue weighted by molar-refractivity contribution is -0.139. The van der Waals surface area contributed by atoms with Crippen molar-refractivity contribution in [2.75, 3.05) is 0 Å². The molecule has 0 rings (SSSR count). The summed E-state index contributed by atoms with van der Waals surface area (Å²) < 4.78 is 0. The molecule has 1 atom stereocenters. The molecule has 0 saturated heterocycles. The van der Waals surface area contributed by atoms with Crippen molar-refractivity contribution in [2.24, 2.45) is 5.92 Å². The van der Waals surface area contributed by atoms with Crippen LogP contribution in [-0.2, 0) is 9.59 Å². The van der Waals surface area contributed by atoms with Crippen molar-refractivity contribution in [2.45, 2.75) is 26.2 Å². The Kier molecular flexibility index (Phi) is 7.65. The summed E-state index contributed by atoms with van der Waals surface area (Å²) in [6, 6.07) is 0. The van der Waals surface area contributed by atoms with Crippen molar-refractivity contribution >= 4 is 11.9 Å². The molecule has 0 aliphatic carbocycles. The van der Waals surface area contributed by atoms with Gasteiger partial charge in [0.15, 0.2) is 0 Å². The molecule has 88 valence electrons. The minimum absolute atomic E-state index is 0.183. The molecule has 0 fully saturated rings. The highest BCUT2D eigenvalue weighted by Crippen LogP contribution is 1.90. The normalized spacial score (nSPS) is 9.47. The molecule has 0 aromatic heterocycles. The average molecular weight is 232 g/mol. The molecule has 0 heterocycles. The standard InChI is InChI=1S/C13H12O4/c1-11(13(16)17)9-7-5-3-2-4-6-8-10-12(14)15/h11H,4-5,10H2,1H3,(H,14,15)(H,16,17). The molecule has 0 radical (unpaired) electrons. The summed E-state index contributed by atoms with van der Waals surface area (Å²) in [7, 11) is 0. The second-order valence-electron chi connectivity index (χ2n) is 3.01. The van der Waals surface area contributed by atoms with Crippen molar-refractivity contribution in [1.29, 1.82) is 0 Å². The predicted molar refractivity (Wildman–Crippen MR) is 61.6 cm³/mol. The molecule has 0 aromatic carbocycles. The molecule has 4 nitrogen and oxygen atoms in total. The maximum Gasteiger partial charge on any atom is 0.318 e. The topological polar surface area (TPSA) is 74.6 Å². The zero-order valence-electron chi connectivity index (χ0n) is 9.41. The van der Waals surface area contributed by atoms with Gasteiger partial charge in [0.25, 0.3) is 0 Å². The molecular weight excluding hydrogens is 220 g/mol. The monoisotopic (exact) mass is 232 g/mol. The van der Waals surface area contributed by atoms with Gasteiger partial charge in [0.2, 0.25) is 0 Å². The van der Waals surface area contributed by atoms with Gasteiger partial charge in [0.05, 0.1) is 12.8 Å². The second kappa shape index (κ2) is 8.89. The van der Waals surface area contributed by atoms with Gasteiger partial charge in [-0.05, 0) is 6.92 Å². The highest BCUT2D eigenvalue weighted by molar-refractivity contribution is 5.73. The van der Waals surface area contributed by atoms with Crippen molar-refractivity contribution in [3.63, 3.8) is 0 Å². The summed E-state index contributed by atoms with van der Waals surface area (Å²) in [4.78, 5) is 20.5. The van der Waals surface area contributed by atoms with Gasteiger partial charge in [-0.2, -0.15) is 0 Å². The highest BCUT2D eigenvalue weighted by atomic mass is 16.4. The van der Waals surface area contributed by atoms with E-state index < -0.39 is 17.9 Å². The lowest BCUT2D eigenvalue weighted by atomic mass is 10.2. The van der Waals surface area contributed by atoms with Gasteiger partial charge in [-0.1, -0.05) is 35.5 Å². The predicted octanol–water partition coefficient (Wildman–Crippen LogP) is 0.972. The lowest BCUT2D eigenvalue weighted by Crippen LogP contribution is -2.05. The Labute approximate surface area is 100 Å². The molecule has 0 aliphatic heterocycles. The average Bonchev–Trinajstić information content (AvgIpc) is 2.25. The quantitative estimate of drug-likeness (QED) is 0.696. The van der Waals surface area contributed by atoms with Crippen LogP contribution in [0.1, 0.15) is 26.2 Å². The Hall–Kier alpha value is -2.38. The van der Waals surface area contributed by atoms with Crippen LogP contribution < -0.4 is 0 Å². The van der Waals surface area contributed by atoms with Crippen LogP contribution in [0.5, 0.6) is 0 Å². The number of carboxylic acid groups (broad SMARTS) is 2.